The summed E-state index contributed by atoms with van der Waals surface area (Å²) in [5, 5.41) is 6.23. The van der Waals surface area contributed by atoms with Gasteiger partial charge in [0.25, 0.3) is 0 Å². The van der Waals surface area contributed by atoms with Crippen LogP contribution in [0.3, 0.4) is 0 Å². The lowest BCUT2D eigenvalue weighted by molar-refractivity contribution is 0.189. The van der Waals surface area contributed by atoms with Gasteiger partial charge in [-0.05, 0) is 18.2 Å². The zero-order chi connectivity index (χ0) is 17.7. The van der Waals surface area contributed by atoms with Crippen molar-refractivity contribution in [3.05, 3.63) is 28.2 Å². The molecule has 2 amide bonds. The number of sulfonamides is 1. The second kappa shape index (κ2) is 8.35. The van der Waals surface area contributed by atoms with Crippen molar-refractivity contribution in [1.82, 2.24) is 14.5 Å². The maximum absolute atomic E-state index is 11.8. The van der Waals surface area contributed by atoms with Crippen LogP contribution in [0.1, 0.15) is 0 Å². The molecule has 0 unspecified atom stereocenters. The summed E-state index contributed by atoms with van der Waals surface area (Å²) < 4.78 is 24.3. The molecule has 0 saturated carbocycles. The molecule has 1 heterocycles. The first-order valence-corrected chi connectivity index (χ1v) is 10.0. The number of halogens is 2. The maximum atomic E-state index is 11.8. The van der Waals surface area contributed by atoms with Crippen LogP contribution in [0.4, 0.5) is 10.5 Å². The molecule has 134 valence electrons. The second-order valence-electron chi connectivity index (χ2n) is 5.51. The van der Waals surface area contributed by atoms with E-state index in [0.29, 0.717) is 55.0 Å². The van der Waals surface area contributed by atoms with Gasteiger partial charge in [-0.2, -0.15) is 4.31 Å². The number of hydrogen-bond acceptors (Lipinski definition) is 4. The molecule has 0 bridgehead atoms. The molecule has 1 fully saturated rings. The van der Waals surface area contributed by atoms with E-state index in [1.807, 2.05) is 0 Å². The first-order valence-electron chi connectivity index (χ1n) is 7.43. The van der Waals surface area contributed by atoms with Crippen molar-refractivity contribution < 1.29 is 13.2 Å². The van der Waals surface area contributed by atoms with E-state index in [4.69, 9.17) is 23.2 Å². The van der Waals surface area contributed by atoms with E-state index in [9.17, 15) is 13.2 Å². The van der Waals surface area contributed by atoms with Gasteiger partial charge in [-0.3, -0.25) is 4.90 Å². The van der Waals surface area contributed by atoms with Crippen LogP contribution in [0.15, 0.2) is 18.2 Å². The van der Waals surface area contributed by atoms with Crippen molar-refractivity contribution >= 4 is 44.9 Å². The molecule has 1 saturated heterocycles. The number of carbonyl (C=O) groups excluding carboxylic acids is 1. The molecule has 2 N–H and O–H groups in total. The topological polar surface area (TPSA) is 81.8 Å². The maximum Gasteiger partial charge on any atom is 0.319 e. The quantitative estimate of drug-likeness (QED) is 0.795. The Bertz CT molecular complexity index is 691. The number of piperazine rings is 1. The van der Waals surface area contributed by atoms with Crippen LogP contribution in [0, 0.1) is 0 Å². The van der Waals surface area contributed by atoms with E-state index < -0.39 is 10.0 Å². The predicted molar refractivity (Wildman–Crippen MR) is 96.3 cm³/mol. The number of anilines is 1. The Kier molecular flexibility index (Phi) is 6.70. The predicted octanol–water partition coefficient (Wildman–Crippen LogP) is 1.69. The molecule has 2 rings (SSSR count). The summed E-state index contributed by atoms with van der Waals surface area (Å²) in [7, 11) is -3.12. The van der Waals surface area contributed by atoms with Gasteiger partial charge in [0.15, 0.2) is 0 Å². The molecule has 7 nitrogen and oxygen atoms in total. The minimum atomic E-state index is -3.12. The fourth-order valence-electron chi connectivity index (χ4n) is 2.36. The fourth-order valence-corrected chi connectivity index (χ4v) is 3.49. The molecule has 0 spiro atoms. The van der Waals surface area contributed by atoms with Crippen LogP contribution in [0.25, 0.3) is 0 Å². The highest BCUT2D eigenvalue weighted by molar-refractivity contribution is 7.88. The van der Waals surface area contributed by atoms with Gasteiger partial charge in [0.1, 0.15) is 0 Å². The van der Waals surface area contributed by atoms with Gasteiger partial charge in [-0.25, -0.2) is 13.2 Å². The normalized spacial score (nSPS) is 16.8. The number of hydrogen-bond donors (Lipinski definition) is 2. The highest BCUT2D eigenvalue weighted by atomic mass is 35.5. The molecule has 1 aliphatic rings. The van der Waals surface area contributed by atoms with E-state index >= 15 is 0 Å². The first-order chi connectivity index (χ1) is 11.3. The standard InChI is InChI=1S/C14H20Cl2N4O3S/c1-24(22,23)20-8-6-19(7-9-20)5-4-17-14(21)18-11-2-3-12(15)13(16)10-11/h2-3,10H,4-9H2,1H3,(H2,17,18,21). The van der Waals surface area contributed by atoms with Crippen molar-refractivity contribution in [1.29, 1.82) is 0 Å². The molecule has 24 heavy (non-hydrogen) atoms. The molecular formula is C14H20Cl2N4O3S. The minimum absolute atomic E-state index is 0.330. The molecule has 1 aromatic rings. The van der Waals surface area contributed by atoms with Gasteiger partial charge in [-0.15, -0.1) is 0 Å². The molecule has 0 aromatic heterocycles. The summed E-state index contributed by atoms with van der Waals surface area (Å²) in [5.74, 6) is 0. The average molecular weight is 395 g/mol. The highest BCUT2D eigenvalue weighted by Crippen LogP contribution is 2.24. The molecule has 0 aliphatic carbocycles. The molecule has 1 aromatic carbocycles. The first kappa shape index (κ1) is 19.3. The van der Waals surface area contributed by atoms with E-state index in [1.54, 1.807) is 18.2 Å². The number of nitrogens with one attached hydrogen (secondary N) is 2. The number of rotatable bonds is 5. The lowest BCUT2D eigenvalue weighted by Gasteiger charge is -2.33. The zero-order valence-corrected chi connectivity index (χ0v) is 15.6. The summed E-state index contributed by atoms with van der Waals surface area (Å²) in [6, 6.07) is 4.52. The van der Waals surface area contributed by atoms with Crippen LogP contribution in [-0.2, 0) is 10.0 Å². The van der Waals surface area contributed by atoms with Gasteiger partial charge in [0, 0.05) is 45.0 Å². The summed E-state index contributed by atoms with van der Waals surface area (Å²) >= 11 is 11.7. The van der Waals surface area contributed by atoms with Crippen LogP contribution >= 0.6 is 23.2 Å². The third kappa shape index (κ3) is 5.78. The monoisotopic (exact) mass is 394 g/mol. The summed E-state index contributed by atoms with van der Waals surface area (Å²) in [5.41, 5.74) is 0.559. The van der Waals surface area contributed by atoms with Gasteiger partial charge < -0.3 is 10.6 Å². The lowest BCUT2D eigenvalue weighted by atomic mass is 10.3. The molecule has 1 aliphatic heterocycles. The summed E-state index contributed by atoms with van der Waals surface area (Å²) in [6.07, 6.45) is 1.22. The SMILES string of the molecule is CS(=O)(=O)N1CCN(CCNC(=O)Nc2ccc(Cl)c(Cl)c2)CC1. The van der Waals surface area contributed by atoms with E-state index in [-0.39, 0.29) is 6.03 Å². The fraction of sp³-hybridized carbons (Fsp3) is 0.500. The lowest BCUT2D eigenvalue weighted by Crippen LogP contribution is -2.50. The summed E-state index contributed by atoms with van der Waals surface area (Å²) in [4.78, 5) is 13.9. The van der Waals surface area contributed by atoms with Crippen LogP contribution in [-0.4, -0.2) is 69.2 Å². The van der Waals surface area contributed by atoms with Crippen molar-refractivity contribution in [2.75, 3.05) is 50.8 Å². The van der Waals surface area contributed by atoms with Gasteiger partial charge in [0.05, 0.1) is 16.3 Å². The van der Waals surface area contributed by atoms with E-state index in [2.05, 4.69) is 15.5 Å². The molecule has 0 atom stereocenters. The number of carbonyl (C=O) groups is 1. The highest BCUT2D eigenvalue weighted by Gasteiger charge is 2.22. The Morgan fingerprint density at radius 3 is 2.42 bits per heavy atom. The largest absolute Gasteiger partial charge is 0.337 e. The molecular weight excluding hydrogens is 375 g/mol. The Labute approximate surface area is 151 Å². The van der Waals surface area contributed by atoms with E-state index in [0.717, 1.165) is 0 Å². The second-order valence-corrected chi connectivity index (χ2v) is 8.31. The average Bonchev–Trinajstić information content (AvgIpc) is 2.50. The third-order valence-corrected chi connectivity index (χ3v) is 5.73. The third-order valence-electron chi connectivity index (χ3n) is 3.69. The smallest absolute Gasteiger partial charge is 0.319 e. The Balaban J connectivity index is 1.69. The Morgan fingerprint density at radius 1 is 1.17 bits per heavy atom. The van der Waals surface area contributed by atoms with Crippen molar-refractivity contribution in [2.24, 2.45) is 0 Å². The van der Waals surface area contributed by atoms with Crippen molar-refractivity contribution in [2.45, 2.75) is 0 Å². The van der Waals surface area contributed by atoms with E-state index in [1.165, 1.54) is 10.6 Å². The number of urea groups is 1. The number of amides is 2. The minimum Gasteiger partial charge on any atom is -0.337 e. The number of benzene rings is 1. The molecule has 0 radical (unpaired) electrons. The Morgan fingerprint density at radius 2 is 1.83 bits per heavy atom. The zero-order valence-electron chi connectivity index (χ0n) is 13.3. The molecule has 10 heteroatoms. The number of nitrogens with zero attached hydrogens (tertiary/aromatic N) is 2. The Hall–Kier alpha value is -1.06. The van der Waals surface area contributed by atoms with Gasteiger partial charge >= 0.3 is 6.03 Å². The summed E-state index contributed by atoms with van der Waals surface area (Å²) in [6.45, 7) is 3.40. The van der Waals surface area contributed by atoms with Crippen LogP contribution < -0.4 is 10.6 Å². The van der Waals surface area contributed by atoms with Crippen LogP contribution in [0.2, 0.25) is 10.0 Å². The van der Waals surface area contributed by atoms with Gasteiger partial charge in [-0.1, -0.05) is 23.2 Å². The van der Waals surface area contributed by atoms with Crippen LogP contribution in [0.5, 0.6) is 0 Å². The van der Waals surface area contributed by atoms with Crippen molar-refractivity contribution in [3.8, 4) is 0 Å². The van der Waals surface area contributed by atoms with Crippen molar-refractivity contribution in [3.63, 3.8) is 0 Å². The van der Waals surface area contributed by atoms with Gasteiger partial charge in [0.2, 0.25) is 10.0 Å².